The van der Waals surface area contributed by atoms with Crippen molar-refractivity contribution in [2.24, 2.45) is 0 Å². The first kappa shape index (κ1) is 19.8. The van der Waals surface area contributed by atoms with Crippen LogP contribution in [0.15, 0.2) is 35.5 Å². The molecule has 9 heteroatoms. The summed E-state index contributed by atoms with van der Waals surface area (Å²) in [6, 6.07) is 2.78. The van der Waals surface area contributed by atoms with E-state index in [9.17, 15) is 22.4 Å². The van der Waals surface area contributed by atoms with Crippen molar-refractivity contribution in [1.29, 1.82) is 0 Å². The fraction of sp³-hybridized carbons (Fsp3) is 0.316. The van der Waals surface area contributed by atoms with Crippen molar-refractivity contribution in [3.05, 3.63) is 52.7 Å². The van der Waals surface area contributed by atoms with Crippen molar-refractivity contribution in [1.82, 2.24) is 14.5 Å². The second kappa shape index (κ2) is 8.37. The quantitative estimate of drug-likeness (QED) is 0.436. The van der Waals surface area contributed by atoms with Crippen LogP contribution in [0.5, 0.6) is 5.75 Å². The van der Waals surface area contributed by atoms with Crippen LogP contribution in [0.3, 0.4) is 0 Å². The summed E-state index contributed by atoms with van der Waals surface area (Å²) in [6.07, 6.45) is 6.04. The van der Waals surface area contributed by atoms with Gasteiger partial charge < -0.3 is 9.30 Å². The minimum absolute atomic E-state index is 0.196. The van der Waals surface area contributed by atoms with E-state index in [1.165, 1.54) is 22.9 Å². The maximum Gasteiger partial charge on any atom is 0.387 e. The van der Waals surface area contributed by atoms with E-state index in [1.807, 2.05) is 6.92 Å². The van der Waals surface area contributed by atoms with Crippen molar-refractivity contribution in [3.8, 4) is 17.1 Å². The smallest absolute Gasteiger partial charge is 0.387 e. The van der Waals surface area contributed by atoms with Gasteiger partial charge in [-0.3, -0.25) is 4.79 Å². The van der Waals surface area contributed by atoms with Gasteiger partial charge in [0, 0.05) is 12.7 Å². The molecule has 28 heavy (non-hydrogen) atoms. The van der Waals surface area contributed by atoms with Crippen LogP contribution in [0.4, 0.5) is 17.6 Å². The lowest BCUT2D eigenvalue weighted by atomic mass is 10.1. The molecule has 0 atom stereocenters. The fourth-order valence-corrected chi connectivity index (χ4v) is 2.87. The predicted molar refractivity (Wildman–Crippen MR) is 95.3 cm³/mol. The zero-order chi connectivity index (χ0) is 20.3. The normalized spacial score (nSPS) is 11.4. The molecule has 1 aromatic carbocycles. The van der Waals surface area contributed by atoms with E-state index in [2.05, 4.69) is 14.7 Å². The van der Waals surface area contributed by atoms with Gasteiger partial charge in [-0.15, -0.1) is 0 Å². The molecule has 0 aliphatic heterocycles. The number of hydrogen-bond donors (Lipinski definition) is 0. The Kier molecular flexibility index (Phi) is 5.91. The Morgan fingerprint density at radius 2 is 1.86 bits per heavy atom. The van der Waals surface area contributed by atoms with Crippen LogP contribution in [0.1, 0.15) is 26.2 Å². The van der Waals surface area contributed by atoms with Crippen molar-refractivity contribution >= 4 is 10.8 Å². The number of unbranched alkanes of at least 4 members (excludes halogenated alkanes) is 2. The highest BCUT2D eigenvalue weighted by Crippen LogP contribution is 2.28. The molecule has 2 aromatic heterocycles. The molecule has 0 amide bonds. The molecule has 5 nitrogen and oxygen atoms in total. The molecule has 0 spiro atoms. The number of alkyl halides is 2. The third-order valence-electron chi connectivity index (χ3n) is 4.24. The third-order valence-corrected chi connectivity index (χ3v) is 4.24. The lowest BCUT2D eigenvalue weighted by Crippen LogP contribution is -2.21. The molecule has 0 saturated heterocycles. The van der Waals surface area contributed by atoms with Gasteiger partial charge in [-0.1, -0.05) is 19.8 Å². The summed E-state index contributed by atoms with van der Waals surface area (Å²) in [6.45, 7) is -0.613. The van der Waals surface area contributed by atoms with E-state index in [-0.39, 0.29) is 27.9 Å². The van der Waals surface area contributed by atoms with Gasteiger partial charge in [0.2, 0.25) is 0 Å². The molecule has 0 bridgehead atoms. The van der Waals surface area contributed by atoms with Crippen LogP contribution in [0, 0.1) is 11.6 Å². The summed E-state index contributed by atoms with van der Waals surface area (Å²) in [5.41, 5.74) is -0.894. The molecule has 2 heterocycles. The van der Waals surface area contributed by atoms with E-state index in [1.54, 1.807) is 0 Å². The lowest BCUT2D eigenvalue weighted by molar-refractivity contribution is -0.0503. The second-order valence-corrected chi connectivity index (χ2v) is 6.16. The van der Waals surface area contributed by atoms with Crippen LogP contribution in [-0.2, 0) is 6.54 Å². The van der Waals surface area contributed by atoms with Gasteiger partial charge in [0.25, 0.3) is 5.56 Å². The lowest BCUT2D eigenvalue weighted by Gasteiger charge is -2.10. The maximum absolute atomic E-state index is 14.7. The molecular weight excluding hydrogens is 378 g/mol. The molecule has 0 unspecified atom stereocenters. The molecule has 0 fully saturated rings. The van der Waals surface area contributed by atoms with Gasteiger partial charge in [-0.25, -0.2) is 18.7 Å². The Morgan fingerprint density at radius 3 is 2.50 bits per heavy atom. The van der Waals surface area contributed by atoms with Crippen molar-refractivity contribution in [2.75, 3.05) is 0 Å². The molecular formula is C19H17F4N3O2. The summed E-state index contributed by atoms with van der Waals surface area (Å²) in [5.74, 6) is -3.10. The standard InChI is InChI=1S/C19H17F4N3O2/c1-2-3-4-6-26-7-5-11-8-13(15(20)16(21)14(11)18(26)27)17-24-9-12(10-25-17)28-19(22)23/h5,7-10,19H,2-4,6H2,1H3. The molecule has 0 saturated carbocycles. The number of hydrogen-bond acceptors (Lipinski definition) is 4. The maximum atomic E-state index is 14.7. The minimum atomic E-state index is -3.05. The minimum Gasteiger partial charge on any atom is -0.432 e. The van der Waals surface area contributed by atoms with E-state index in [0.29, 0.717) is 6.54 Å². The van der Waals surface area contributed by atoms with Gasteiger partial charge in [0.05, 0.1) is 23.3 Å². The number of fused-ring (bicyclic) bond motifs is 1. The van der Waals surface area contributed by atoms with E-state index in [0.717, 1.165) is 31.7 Å². The molecule has 3 aromatic rings. The monoisotopic (exact) mass is 395 g/mol. The number of pyridine rings is 1. The number of benzene rings is 1. The van der Waals surface area contributed by atoms with Crippen molar-refractivity contribution in [2.45, 2.75) is 39.3 Å². The Balaban J connectivity index is 2.03. The SMILES string of the molecule is CCCCCn1ccc2cc(-c3ncc(OC(F)F)cn3)c(F)c(F)c2c1=O. The number of ether oxygens (including phenoxy) is 1. The van der Waals surface area contributed by atoms with E-state index < -0.39 is 23.8 Å². The van der Waals surface area contributed by atoms with Gasteiger partial charge in [0.1, 0.15) is 0 Å². The average molecular weight is 395 g/mol. The first-order valence-electron chi connectivity index (χ1n) is 8.70. The highest BCUT2D eigenvalue weighted by Gasteiger charge is 2.20. The van der Waals surface area contributed by atoms with Crippen LogP contribution in [-0.4, -0.2) is 21.1 Å². The summed E-state index contributed by atoms with van der Waals surface area (Å²) < 4.78 is 59.1. The number of halogens is 4. The van der Waals surface area contributed by atoms with E-state index in [4.69, 9.17) is 0 Å². The number of aryl methyl sites for hydroxylation is 1. The topological polar surface area (TPSA) is 57.0 Å². The Labute approximate surface area is 157 Å². The summed E-state index contributed by atoms with van der Waals surface area (Å²) in [5, 5.41) is -0.153. The molecule has 0 radical (unpaired) electrons. The zero-order valence-corrected chi connectivity index (χ0v) is 15.0. The number of rotatable bonds is 7. The van der Waals surface area contributed by atoms with Gasteiger partial charge in [-0.05, 0) is 23.9 Å². The second-order valence-electron chi connectivity index (χ2n) is 6.16. The van der Waals surface area contributed by atoms with Crippen LogP contribution >= 0.6 is 0 Å². The Morgan fingerprint density at radius 1 is 1.14 bits per heavy atom. The zero-order valence-electron chi connectivity index (χ0n) is 15.0. The first-order chi connectivity index (χ1) is 13.4. The molecule has 0 aliphatic rings. The highest BCUT2D eigenvalue weighted by atomic mass is 19.3. The Hall–Kier alpha value is -2.97. The van der Waals surface area contributed by atoms with Crippen LogP contribution in [0.25, 0.3) is 22.2 Å². The fourth-order valence-electron chi connectivity index (χ4n) is 2.87. The molecule has 148 valence electrons. The largest absolute Gasteiger partial charge is 0.432 e. The van der Waals surface area contributed by atoms with Gasteiger partial charge in [0.15, 0.2) is 23.2 Å². The van der Waals surface area contributed by atoms with Gasteiger partial charge >= 0.3 is 6.61 Å². The number of nitrogens with zero attached hydrogens (tertiary/aromatic N) is 3. The van der Waals surface area contributed by atoms with Gasteiger partial charge in [-0.2, -0.15) is 8.78 Å². The van der Waals surface area contributed by atoms with Crippen LogP contribution in [0.2, 0.25) is 0 Å². The summed E-state index contributed by atoms with van der Waals surface area (Å²) in [7, 11) is 0. The average Bonchev–Trinajstić information content (AvgIpc) is 2.66. The van der Waals surface area contributed by atoms with Crippen molar-refractivity contribution < 1.29 is 22.3 Å². The van der Waals surface area contributed by atoms with E-state index >= 15 is 0 Å². The first-order valence-corrected chi connectivity index (χ1v) is 8.70. The predicted octanol–water partition coefficient (Wildman–Crippen LogP) is 4.53. The van der Waals surface area contributed by atoms with Crippen LogP contribution < -0.4 is 10.3 Å². The third kappa shape index (κ3) is 3.97. The highest BCUT2D eigenvalue weighted by molar-refractivity contribution is 5.86. The summed E-state index contributed by atoms with van der Waals surface area (Å²) in [4.78, 5) is 20.0. The Bertz CT molecular complexity index is 1040. The number of aromatic nitrogens is 3. The molecule has 0 aliphatic carbocycles. The molecule has 3 rings (SSSR count). The molecule has 0 N–H and O–H groups in total. The van der Waals surface area contributed by atoms with Crippen molar-refractivity contribution in [3.63, 3.8) is 0 Å². The summed E-state index contributed by atoms with van der Waals surface area (Å²) >= 11 is 0.